The minimum Gasteiger partial charge on any atom is -1.00 e. The summed E-state index contributed by atoms with van der Waals surface area (Å²) in [7, 11) is 0. The third kappa shape index (κ3) is 9.68. The first-order valence-corrected chi connectivity index (χ1v) is 0. The second-order valence-corrected chi connectivity index (χ2v) is 0. The average Bonchev–Trinajstić information content (AvgIpc) is 0. The fraction of sp³-hybridized carbons (Fsp3) is 0. The molecule has 0 saturated carbocycles. The maximum absolute atomic E-state index is 0. The summed E-state index contributed by atoms with van der Waals surface area (Å²) in [6, 6.07) is 0. The van der Waals surface area contributed by atoms with Crippen LogP contribution in [0, 0.1) is 0 Å². The minimum atomic E-state index is 0. The Hall–Kier alpha value is 1.52. The molecule has 0 amide bonds. The molecule has 0 unspecified atom stereocenters. The van der Waals surface area contributed by atoms with Gasteiger partial charge in [0.2, 0.25) is 0 Å². The Morgan fingerprint density at radius 1 is 0.750 bits per heavy atom. The van der Waals surface area contributed by atoms with Crippen LogP contribution in [0.4, 0.5) is 0 Å². The monoisotopic (exact) mass is 94.0 g/mol. The van der Waals surface area contributed by atoms with E-state index in [2.05, 4.69) is 0 Å². The molecular formula is H7KO3. The fourth-order valence-electron chi connectivity index (χ4n) is 0. The van der Waals surface area contributed by atoms with Crippen LogP contribution in [0.1, 0.15) is 1.43 Å². The Balaban J connectivity index is 0. The van der Waals surface area contributed by atoms with E-state index in [0.717, 1.165) is 0 Å². The van der Waals surface area contributed by atoms with Crippen molar-refractivity contribution in [3.8, 4) is 0 Å². The third-order valence-corrected chi connectivity index (χ3v) is 0. The van der Waals surface area contributed by atoms with Crippen LogP contribution in [0.15, 0.2) is 0 Å². The molecule has 26 valence electrons. The average molecular weight is 94.2 g/mol. The quantitative estimate of drug-likeness (QED) is 0.268. The second-order valence-electron chi connectivity index (χ2n) is 0. The molecule has 0 saturated heterocycles. The van der Waals surface area contributed by atoms with Crippen LogP contribution in [0.5, 0.6) is 0 Å². The van der Waals surface area contributed by atoms with Gasteiger partial charge >= 0.3 is 51.4 Å². The van der Waals surface area contributed by atoms with Crippen molar-refractivity contribution in [3.63, 3.8) is 0 Å². The first-order chi connectivity index (χ1) is 0. The summed E-state index contributed by atoms with van der Waals surface area (Å²) in [5.41, 5.74) is 0. The number of hydrogen-bond donors (Lipinski definition) is 0. The van der Waals surface area contributed by atoms with Crippen molar-refractivity contribution in [2.24, 2.45) is 0 Å². The molecule has 4 heteroatoms. The van der Waals surface area contributed by atoms with E-state index in [4.69, 9.17) is 0 Å². The summed E-state index contributed by atoms with van der Waals surface area (Å²) >= 11 is 0. The van der Waals surface area contributed by atoms with Gasteiger partial charge in [0.15, 0.2) is 0 Å². The first-order valence-electron chi connectivity index (χ1n) is 0. The van der Waals surface area contributed by atoms with E-state index in [-0.39, 0.29) is 69.2 Å². The summed E-state index contributed by atoms with van der Waals surface area (Å²) < 4.78 is 0. The van der Waals surface area contributed by atoms with Gasteiger partial charge in [0, 0.05) is 0 Å². The molecule has 0 aliphatic carbocycles. The summed E-state index contributed by atoms with van der Waals surface area (Å²) in [5.74, 6) is 0. The summed E-state index contributed by atoms with van der Waals surface area (Å²) in [6.07, 6.45) is 0. The SMILES string of the molecule is O.O.O.[H-].[K+]. The molecule has 0 atom stereocenters. The van der Waals surface area contributed by atoms with Gasteiger partial charge < -0.3 is 17.9 Å². The minimum absolute atomic E-state index is 0. The Morgan fingerprint density at radius 3 is 0.750 bits per heavy atom. The maximum atomic E-state index is 0. The molecule has 0 heterocycles. The zero-order chi connectivity index (χ0) is 0. The van der Waals surface area contributed by atoms with Crippen LogP contribution in [-0.2, 0) is 0 Å². The summed E-state index contributed by atoms with van der Waals surface area (Å²) in [4.78, 5) is 0. The zero-order valence-corrected chi connectivity index (χ0v) is 5.62. The molecule has 0 aliphatic heterocycles. The molecule has 0 spiro atoms. The van der Waals surface area contributed by atoms with Gasteiger partial charge in [-0.2, -0.15) is 0 Å². The largest absolute Gasteiger partial charge is 1.00 e. The van der Waals surface area contributed by atoms with Crippen molar-refractivity contribution < 1.29 is 69.2 Å². The summed E-state index contributed by atoms with van der Waals surface area (Å²) in [6.45, 7) is 0. The van der Waals surface area contributed by atoms with Gasteiger partial charge in [-0.3, -0.25) is 0 Å². The van der Waals surface area contributed by atoms with Gasteiger partial charge in [0.05, 0.1) is 0 Å². The topological polar surface area (TPSA) is 94.5 Å². The Labute approximate surface area is 68.2 Å². The predicted octanol–water partition coefficient (Wildman–Crippen LogP) is -5.36. The first kappa shape index (κ1) is 48.9. The molecule has 0 rings (SSSR count). The van der Waals surface area contributed by atoms with Gasteiger partial charge in [-0.25, -0.2) is 0 Å². The molecule has 0 aromatic heterocycles. The van der Waals surface area contributed by atoms with E-state index >= 15 is 0 Å². The standard InChI is InChI=1S/K.3H2O.H/h;3*1H2;/q+1;;;;-1. The predicted molar refractivity (Wildman–Crippen MR) is 12.0 cm³/mol. The van der Waals surface area contributed by atoms with Gasteiger partial charge in [-0.05, 0) is 0 Å². The van der Waals surface area contributed by atoms with Crippen molar-refractivity contribution in [3.05, 3.63) is 0 Å². The molecule has 0 aromatic rings. The zero-order valence-electron chi connectivity index (χ0n) is 3.50. The molecular weight excluding hydrogens is 87.1 g/mol. The van der Waals surface area contributed by atoms with E-state index in [1.54, 1.807) is 0 Å². The van der Waals surface area contributed by atoms with Crippen molar-refractivity contribution in [1.29, 1.82) is 0 Å². The molecule has 6 N–H and O–H groups in total. The molecule has 4 heavy (non-hydrogen) atoms. The van der Waals surface area contributed by atoms with Gasteiger partial charge in [-0.15, -0.1) is 0 Å². The maximum Gasteiger partial charge on any atom is 1.00 e. The van der Waals surface area contributed by atoms with Crippen LogP contribution in [0.2, 0.25) is 0 Å². The second kappa shape index (κ2) is 24.3. The molecule has 0 radical (unpaired) electrons. The Bertz CT molecular complexity index is 6.85. The van der Waals surface area contributed by atoms with E-state index in [1.165, 1.54) is 0 Å². The molecule has 3 nitrogen and oxygen atoms in total. The smallest absolute Gasteiger partial charge is 1.00 e. The number of rotatable bonds is 0. The summed E-state index contributed by atoms with van der Waals surface area (Å²) in [5, 5.41) is 0. The Kier molecular flexibility index (Phi) is 297. The third-order valence-electron chi connectivity index (χ3n) is 0. The molecule has 0 aliphatic rings. The van der Waals surface area contributed by atoms with Crippen LogP contribution >= 0.6 is 0 Å². The van der Waals surface area contributed by atoms with E-state index < -0.39 is 0 Å². The fourth-order valence-corrected chi connectivity index (χ4v) is 0. The molecule has 0 aromatic carbocycles. The van der Waals surface area contributed by atoms with Crippen LogP contribution in [-0.4, -0.2) is 16.4 Å². The van der Waals surface area contributed by atoms with Crippen LogP contribution in [0.25, 0.3) is 0 Å². The molecule has 0 fully saturated rings. The van der Waals surface area contributed by atoms with Gasteiger partial charge in [0.25, 0.3) is 0 Å². The normalized spacial score (nSPS) is 0. The molecule has 0 bridgehead atoms. The van der Waals surface area contributed by atoms with Gasteiger partial charge in [0.1, 0.15) is 0 Å². The number of hydrogen-bond acceptors (Lipinski definition) is 0. The van der Waals surface area contributed by atoms with Crippen molar-refractivity contribution >= 4 is 0 Å². The van der Waals surface area contributed by atoms with Gasteiger partial charge in [-0.1, -0.05) is 0 Å². The van der Waals surface area contributed by atoms with E-state index in [9.17, 15) is 0 Å². The van der Waals surface area contributed by atoms with Crippen molar-refractivity contribution in [2.45, 2.75) is 0 Å². The van der Waals surface area contributed by atoms with Crippen LogP contribution in [0.3, 0.4) is 0 Å². The van der Waals surface area contributed by atoms with Crippen molar-refractivity contribution in [2.75, 3.05) is 0 Å². The Morgan fingerprint density at radius 2 is 0.750 bits per heavy atom. The van der Waals surface area contributed by atoms with E-state index in [0.29, 0.717) is 0 Å². The van der Waals surface area contributed by atoms with Crippen molar-refractivity contribution in [1.82, 2.24) is 0 Å². The van der Waals surface area contributed by atoms with E-state index in [1.807, 2.05) is 0 Å². The van der Waals surface area contributed by atoms with Crippen LogP contribution < -0.4 is 51.4 Å².